The minimum Gasteiger partial charge on any atom is -0.344 e. The van der Waals surface area contributed by atoms with Crippen LogP contribution in [0.25, 0.3) is 0 Å². The number of hydrogen-bond acceptors (Lipinski definition) is 4. The summed E-state index contributed by atoms with van der Waals surface area (Å²) in [6, 6.07) is 6.15. The highest BCUT2D eigenvalue weighted by atomic mass is 19.1. The molecule has 1 aromatic heterocycles. The van der Waals surface area contributed by atoms with Crippen LogP contribution >= 0.6 is 0 Å². The van der Waals surface area contributed by atoms with E-state index in [0.717, 1.165) is 37.2 Å². The molecule has 128 valence electrons. The lowest BCUT2D eigenvalue weighted by Gasteiger charge is -2.23. The number of piperidine rings is 1. The molecule has 0 spiro atoms. The lowest BCUT2D eigenvalue weighted by Crippen LogP contribution is -2.31. The molecule has 2 heterocycles. The van der Waals surface area contributed by atoms with Gasteiger partial charge in [-0.25, -0.2) is 9.07 Å². The maximum Gasteiger partial charge on any atom is 0.274 e. The van der Waals surface area contributed by atoms with E-state index in [1.807, 2.05) is 18.5 Å². The summed E-state index contributed by atoms with van der Waals surface area (Å²) in [7, 11) is 0. The van der Waals surface area contributed by atoms with Gasteiger partial charge >= 0.3 is 0 Å². The molecule has 2 aromatic rings. The standard InChI is InChI=1S/C17H22FN5O/c1-11(13-3-5-14(18)6-4-13)20-17(24)16-12(2)23(22-21-16)15-7-9-19-10-8-15/h3-6,11,15,19H,7-10H2,1-2H3,(H,20,24)/t11-/m0/s1. The van der Waals surface area contributed by atoms with Crippen molar-refractivity contribution in [3.8, 4) is 0 Å². The number of benzene rings is 1. The van der Waals surface area contributed by atoms with Gasteiger partial charge < -0.3 is 10.6 Å². The number of nitrogens with one attached hydrogen (secondary N) is 2. The monoisotopic (exact) mass is 331 g/mol. The van der Waals surface area contributed by atoms with Gasteiger partial charge in [0.25, 0.3) is 5.91 Å². The quantitative estimate of drug-likeness (QED) is 0.900. The Bertz CT molecular complexity index is 706. The number of carbonyl (C=O) groups is 1. The van der Waals surface area contributed by atoms with E-state index in [0.29, 0.717) is 5.69 Å². The van der Waals surface area contributed by atoms with Gasteiger partial charge in [0, 0.05) is 0 Å². The molecule has 0 aliphatic carbocycles. The summed E-state index contributed by atoms with van der Waals surface area (Å²) >= 11 is 0. The van der Waals surface area contributed by atoms with E-state index in [1.165, 1.54) is 12.1 Å². The summed E-state index contributed by atoms with van der Waals surface area (Å²) in [4.78, 5) is 12.5. The molecule has 1 aliphatic rings. The Morgan fingerprint density at radius 2 is 2.00 bits per heavy atom. The molecule has 7 heteroatoms. The van der Waals surface area contributed by atoms with Crippen LogP contribution in [0.5, 0.6) is 0 Å². The van der Waals surface area contributed by atoms with E-state index in [-0.39, 0.29) is 23.8 Å². The van der Waals surface area contributed by atoms with Crippen LogP contribution in [0.2, 0.25) is 0 Å². The van der Waals surface area contributed by atoms with Gasteiger partial charge in [0.05, 0.1) is 17.8 Å². The minimum absolute atomic E-state index is 0.235. The second kappa shape index (κ2) is 7.09. The van der Waals surface area contributed by atoms with E-state index in [9.17, 15) is 9.18 Å². The molecule has 0 radical (unpaired) electrons. The maximum absolute atomic E-state index is 13.0. The van der Waals surface area contributed by atoms with E-state index in [1.54, 1.807) is 12.1 Å². The van der Waals surface area contributed by atoms with Crippen LogP contribution in [0.4, 0.5) is 4.39 Å². The highest BCUT2D eigenvalue weighted by Crippen LogP contribution is 2.21. The summed E-state index contributed by atoms with van der Waals surface area (Å²) in [5.74, 6) is -0.553. The van der Waals surface area contributed by atoms with Gasteiger partial charge in [-0.3, -0.25) is 4.79 Å². The molecule has 6 nitrogen and oxygen atoms in total. The van der Waals surface area contributed by atoms with Crippen molar-refractivity contribution in [3.05, 3.63) is 47.0 Å². The van der Waals surface area contributed by atoms with Crippen LogP contribution in [0, 0.1) is 12.7 Å². The van der Waals surface area contributed by atoms with Crippen molar-refractivity contribution in [2.75, 3.05) is 13.1 Å². The van der Waals surface area contributed by atoms with E-state index in [4.69, 9.17) is 0 Å². The van der Waals surface area contributed by atoms with Crippen molar-refractivity contribution in [2.24, 2.45) is 0 Å². The number of rotatable bonds is 4. The highest BCUT2D eigenvalue weighted by molar-refractivity contribution is 5.93. The topological polar surface area (TPSA) is 71.8 Å². The Balaban J connectivity index is 1.70. The lowest BCUT2D eigenvalue weighted by molar-refractivity contribution is 0.0934. The SMILES string of the molecule is Cc1c(C(=O)N[C@@H](C)c2ccc(F)cc2)nnn1C1CCNCC1. The molecule has 0 unspecified atom stereocenters. The van der Waals surface area contributed by atoms with Crippen molar-refractivity contribution < 1.29 is 9.18 Å². The van der Waals surface area contributed by atoms with E-state index in [2.05, 4.69) is 20.9 Å². The first-order valence-electron chi connectivity index (χ1n) is 8.25. The van der Waals surface area contributed by atoms with Crippen LogP contribution in [0.3, 0.4) is 0 Å². The van der Waals surface area contributed by atoms with Gasteiger partial charge in [0.15, 0.2) is 5.69 Å². The van der Waals surface area contributed by atoms with Crippen LogP contribution in [-0.4, -0.2) is 34.0 Å². The van der Waals surface area contributed by atoms with Gasteiger partial charge in [-0.05, 0) is 57.5 Å². The second-order valence-electron chi connectivity index (χ2n) is 6.20. The van der Waals surface area contributed by atoms with Crippen LogP contribution < -0.4 is 10.6 Å². The zero-order valence-corrected chi connectivity index (χ0v) is 13.9. The predicted molar refractivity (Wildman–Crippen MR) is 88.2 cm³/mol. The molecule has 0 saturated carbocycles. The molecule has 2 N–H and O–H groups in total. The van der Waals surface area contributed by atoms with Crippen molar-refractivity contribution >= 4 is 5.91 Å². The highest BCUT2D eigenvalue weighted by Gasteiger charge is 2.23. The van der Waals surface area contributed by atoms with Crippen LogP contribution in [0.1, 0.15) is 53.6 Å². The average molecular weight is 331 g/mol. The molecule has 3 rings (SSSR count). The van der Waals surface area contributed by atoms with Crippen molar-refractivity contribution in [2.45, 2.75) is 38.8 Å². The smallest absolute Gasteiger partial charge is 0.274 e. The molecule has 1 aliphatic heterocycles. The lowest BCUT2D eigenvalue weighted by atomic mass is 10.1. The molecule has 1 fully saturated rings. The average Bonchev–Trinajstić information content (AvgIpc) is 2.98. The van der Waals surface area contributed by atoms with Crippen molar-refractivity contribution in [1.82, 2.24) is 25.6 Å². The number of carbonyl (C=O) groups excluding carboxylic acids is 1. The van der Waals surface area contributed by atoms with Gasteiger partial charge in [-0.2, -0.15) is 0 Å². The zero-order valence-electron chi connectivity index (χ0n) is 13.9. The minimum atomic E-state index is -0.293. The number of nitrogens with zero attached hydrogens (tertiary/aromatic N) is 3. The van der Waals surface area contributed by atoms with Gasteiger partial charge in [0.2, 0.25) is 0 Å². The van der Waals surface area contributed by atoms with E-state index < -0.39 is 0 Å². The first kappa shape index (κ1) is 16.6. The summed E-state index contributed by atoms with van der Waals surface area (Å²) in [6.45, 7) is 5.64. The van der Waals surface area contributed by atoms with E-state index >= 15 is 0 Å². The molecular formula is C17H22FN5O. The molecular weight excluding hydrogens is 309 g/mol. The number of halogens is 1. The second-order valence-corrected chi connectivity index (χ2v) is 6.20. The fourth-order valence-electron chi connectivity index (χ4n) is 3.05. The van der Waals surface area contributed by atoms with Crippen LogP contribution in [0.15, 0.2) is 24.3 Å². The largest absolute Gasteiger partial charge is 0.344 e. The third-order valence-electron chi connectivity index (χ3n) is 4.51. The zero-order chi connectivity index (χ0) is 17.1. The maximum atomic E-state index is 13.0. The number of aromatic nitrogens is 3. The van der Waals surface area contributed by atoms with Gasteiger partial charge in [-0.15, -0.1) is 5.10 Å². The molecule has 24 heavy (non-hydrogen) atoms. The molecule has 1 saturated heterocycles. The van der Waals surface area contributed by atoms with Crippen molar-refractivity contribution in [3.63, 3.8) is 0 Å². The third-order valence-corrected chi connectivity index (χ3v) is 4.51. The van der Waals surface area contributed by atoms with Crippen LogP contribution in [-0.2, 0) is 0 Å². The summed E-state index contributed by atoms with van der Waals surface area (Å²) in [5.41, 5.74) is 1.97. The number of hydrogen-bond donors (Lipinski definition) is 2. The first-order valence-corrected chi connectivity index (χ1v) is 8.25. The Kier molecular flexibility index (Phi) is 4.89. The summed E-state index contributed by atoms with van der Waals surface area (Å²) in [5, 5.41) is 14.5. The fraction of sp³-hybridized carbons (Fsp3) is 0.471. The Morgan fingerprint density at radius 1 is 1.33 bits per heavy atom. The summed E-state index contributed by atoms with van der Waals surface area (Å²) in [6.07, 6.45) is 1.97. The van der Waals surface area contributed by atoms with Crippen molar-refractivity contribution in [1.29, 1.82) is 0 Å². The van der Waals surface area contributed by atoms with Gasteiger partial charge in [-0.1, -0.05) is 17.3 Å². The molecule has 1 atom stereocenters. The first-order chi connectivity index (χ1) is 11.6. The Labute approximate surface area is 140 Å². The third kappa shape index (κ3) is 3.46. The predicted octanol–water partition coefficient (Wildman–Crippen LogP) is 2.14. The Hall–Kier alpha value is -2.28. The Morgan fingerprint density at radius 3 is 2.67 bits per heavy atom. The molecule has 1 aromatic carbocycles. The normalized spacial score (nSPS) is 16.8. The fourth-order valence-corrected chi connectivity index (χ4v) is 3.05. The number of amides is 1. The summed E-state index contributed by atoms with van der Waals surface area (Å²) < 4.78 is 14.9. The van der Waals surface area contributed by atoms with Gasteiger partial charge in [0.1, 0.15) is 5.82 Å². The molecule has 1 amide bonds. The molecule has 0 bridgehead atoms.